The van der Waals surface area contributed by atoms with Gasteiger partial charge in [-0.05, 0) is 12.3 Å². The van der Waals surface area contributed by atoms with E-state index in [9.17, 15) is 4.79 Å². The van der Waals surface area contributed by atoms with Gasteiger partial charge < -0.3 is 10.2 Å². The lowest BCUT2D eigenvalue weighted by Gasteiger charge is -2.39. The van der Waals surface area contributed by atoms with E-state index < -0.39 is 0 Å². The third kappa shape index (κ3) is 2.99. The molecule has 0 aromatic heterocycles. The number of nitrogens with zero attached hydrogens (tertiary/aromatic N) is 1. The zero-order chi connectivity index (χ0) is 9.84. The summed E-state index contributed by atoms with van der Waals surface area (Å²) in [6.07, 6.45) is 1.20. The van der Waals surface area contributed by atoms with Crippen LogP contribution in [-0.2, 0) is 4.79 Å². The molecule has 0 spiro atoms. The molecule has 0 radical (unpaired) electrons. The number of rotatable bonds is 4. The SMILES string of the molecule is CCC1CN(C(=O)CNC(C)C)C1. The van der Waals surface area contributed by atoms with E-state index in [1.165, 1.54) is 6.42 Å². The fourth-order valence-corrected chi connectivity index (χ4v) is 1.43. The van der Waals surface area contributed by atoms with Crippen molar-refractivity contribution in [1.82, 2.24) is 10.2 Å². The van der Waals surface area contributed by atoms with Crippen LogP contribution in [0.2, 0.25) is 0 Å². The summed E-state index contributed by atoms with van der Waals surface area (Å²) in [4.78, 5) is 13.4. The Bertz CT molecular complexity index is 174. The number of amides is 1. The van der Waals surface area contributed by atoms with Gasteiger partial charge in [0, 0.05) is 19.1 Å². The second kappa shape index (κ2) is 4.61. The van der Waals surface area contributed by atoms with Crippen molar-refractivity contribution >= 4 is 5.91 Å². The van der Waals surface area contributed by atoms with Crippen LogP contribution in [0.1, 0.15) is 27.2 Å². The van der Waals surface area contributed by atoms with E-state index >= 15 is 0 Å². The minimum atomic E-state index is 0.249. The Morgan fingerprint density at radius 2 is 2.15 bits per heavy atom. The molecule has 1 saturated heterocycles. The van der Waals surface area contributed by atoms with Crippen molar-refractivity contribution in [1.29, 1.82) is 0 Å². The maximum Gasteiger partial charge on any atom is 0.236 e. The van der Waals surface area contributed by atoms with Crippen molar-refractivity contribution in [3.63, 3.8) is 0 Å². The topological polar surface area (TPSA) is 32.3 Å². The van der Waals surface area contributed by atoms with Crippen LogP contribution in [-0.4, -0.2) is 36.5 Å². The van der Waals surface area contributed by atoms with E-state index in [2.05, 4.69) is 26.1 Å². The van der Waals surface area contributed by atoms with Crippen LogP contribution < -0.4 is 5.32 Å². The number of hydrogen-bond acceptors (Lipinski definition) is 2. The van der Waals surface area contributed by atoms with Gasteiger partial charge in [0.15, 0.2) is 0 Å². The van der Waals surface area contributed by atoms with Crippen LogP contribution in [0, 0.1) is 5.92 Å². The Morgan fingerprint density at radius 3 is 2.62 bits per heavy atom. The standard InChI is InChI=1S/C10H20N2O/c1-4-9-6-12(7-9)10(13)5-11-8(2)3/h8-9,11H,4-7H2,1-3H3. The molecule has 1 fully saturated rings. The molecule has 1 amide bonds. The van der Waals surface area contributed by atoms with Crippen LogP contribution in [0.15, 0.2) is 0 Å². The predicted octanol–water partition coefficient (Wildman–Crippen LogP) is 0.853. The lowest BCUT2D eigenvalue weighted by molar-refractivity contribution is -0.136. The largest absolute Gasteiger partial charge is 0.341 e. The van der Waals surface area contributed by atoms with Gasteiger partial charge in [0.2, 0.25) is 5.91 Å². The molecule has 0 aliphatic carbocycles. The molecule has 0 saturated carbocycles. The number of hydrogen-bond donors (Lipinski definition) is 1. The van der Waals surface area contributed by atoms with E-state index in [4.69, 9.17) is 0 Å². The van der Waals surface area contributed by atoms with E-state index in [1.54, 1.807) is 0 Å². The monoisotopic (exact) mass is 184 g/mol. The van der Waals surface area contributed by atoms with Crippen molar-refractivity contribution in [2.75, 3.05) is 19.6 Å². The first-order valence-electron chi connectivity index (χ1n) is 5.14. The van der Waals surface area contributed by atoms with Crippen LogP contribution >= 0.6 is 0 Å². The Hall–Kier alpha value is -0.570. The minimum Gasteiger partial charge on any atom is -0.341 e. The van der Waals surface area contributed by atoms with Gasteiger partial charge in [-0.1, -0.05) is 20.8 Å². The lowest BCUT2D eigenvalue weighted by Crippen LogP contribution is -2.52. The molecule has 0 aromatic rings. The molecular weight excluding hydrogens is 164 g/mol. The minimum absolute atomic E-state index is 0.249. The molecule has 0 aromatic carbocycles. The van der Waals surface area contributed by atoms with Crippen molar-refractivity contribution in [3.05, 3.63) is 0 Å². The number of nitrogens with one attached hydrogen (secondary N) is 1. The number of likely N-dealkylation sites (tertiary alicyclic amines) is 1. The summed E-state index contributed by atoms with van der Waals surface area (Å²) in [7, 11) is 0. The van der Waals surface area contributed by atoms with Crippen molar-refractivity contribution in [2.45, 2.75) is 33.2 Å². The summed E-state index contributed by atoms with van der Waals surface area (Å²) in [5.41, 5.74) is 0. The zero-order valence-corrected chi connectivity index (χ0v) is 8.84. The van der Waals surface area contributed by atoms with E-state index in [0.29, 0.717) is 12.6 Å². The van der Waals surface area contributed by atoms with Crippen LogP contribution in [0.4, 0.5) is 0 Å². The molecule has 76 valence electrons. The summed E-state index contributed by atoms with van der Waals surface area (Å²) >= 11 is 0. The Morgan fingerprint density at radius 1 is 1.54 bits per heavy atom. The molecular formula is C10H20N2O. The first-order chi connectivity index (χ1) is 6.13. The van der Waals surface area contributed by atoms with Gasteiger partial charge in [0.05, 0.1) is 6.54 Å². The Kier molecular flexibility index (Phi) is 3.72. The summed E-state index contributed by atoms with van der Waals surface area (Å²) in [6.45, 7) is 8.72. The molecule has 0 bridgehead atoms. The molecule has 13 heavy (non-hydrogen) atoms. The maximum absolute atomic E-state index is 11.5. The van der Waals surface area contributed by atoms with Gasteiger partial charge in [-0.15, -0.1) is 0 Å². The van der Waals surface area contributed by atoms with Crippen molar-refractivity contribution in [3.8, 4) is 0 Å². The quantitative estimate of drug-likeness (QED) is 0.702. The van der Waals surface area contributed by atoms with Crippen LogP contribution in [0.25, 0.3) is 0 Å². The number of carbonyl (C=O) groups excluding carboxylic acids is 1. The first kappa shape index (κ1) is 10.5. The van der Waals surface area contributed by atoms with E-state index in [1.807, 2.05) is 4.90 Å². The first-order valence-corrected chi connectivity index (χ1v) is 5.14. The van der Waals surface area contributed by atoms with Gasteiger partial charge in [0.1, 0.15) is 0 Å². The highest BCUT2D eigenvalue weighted by molar-refractivity contribution is 5.79. The lowest BCUT2D eigenvalue weighted by atomic mass is 9.97. The number of carbonyl (C=O) groups is 1. The second-order valence-corrected chi connectivity index (χ2v) is 4.11. The molecule has 1 aliphatic heterocycles. The molecule has 0 atom stereocenters. The smallest absolute Gasteiger partial charge is 0.236 e. The third-order valence-electron chi connectivity index (χ3n) is 2.55. The van der Waals surface area contributed by atoms with Gasteiger partial charge in [-0.3, -0.25) is 4.79 Å². The molecule has 1 heterocycles. The van der Waals surface area contributed by atoms with Crippen LogP contribution in [0.5, 0.6) is 0 Å². The van der Waals surface area contributed by atoms with Crippen LogP contribution in [0.3, 0.4) is 0 Å². The maximum atomic E-state index is 11.5. The van der Waals surface area contributed by atoms with Gasteiger partial charge in [-0.25, -0.2) is 0 Å². The normalized spacial score (nSPS) is 17.7. The zero-order valence-electron chi connectivity index (χ0n) is 8.84. The predicted molar refractivity (Wildman–Crippen MR) is 53.5 cm³/mol. The summed E-state index contributed by atoms with van der Waals surface area (Å²) < 4.78 is 0. The molecule has 0 unspecified atom stereocenters. The fourth-order valence-electron chi connectivity index (χ4n) is 1.43. The van der Waals surface area contributed by atoms with E-state index in [0.717, 1.165) is 19.0 Å². The fraction of sp³-hybridized carbons (Fsp3) is 0.900. The molecule has 1 aliphatic rings. The summed E-state index contributed by atoms with van der Waals surface area (Å²) in [5.74, 6) is 1.00. The van der Waals surface area contributed by atoms with Gasteiger partial charge in [-0.2, -0.15) is 0 Å². The average molecular weight is 184 g/mol. The highest BCUT2D eigenvalue weighted by atomic mass is 16.2. The van der Waals surface area contributed by atoms with Crippen molar-refractivity contribution in [2.24, 2.45) is 5.92 Å². The second-order valence-electron chi connectivity index (χ2n) is 4.11. The summed E-state index contributed by atoms with van der Waals surface area (Å²) in [6, 6.07) is 0.396. The van der Waals surface area contributed by atoms with Gasteiger partial charge in [0.25, 0.3) is 0 Å². The highest BCUT2D eigenvalue weighted by Crippen LogP contribution is 2.17. The summed E-state index contributed by atoms with van der Waals surface area (Å²) in [5, 5.41) is 3.14. The third-order valence-corrected chi connectivity index (χ3v) is 2.55. The molecule has 1 rings (SSSR count). The molecule has 1 N–H and O–H groups in total. The Balaban J connectivity index is 2.12. The average Bonchev–Trinajstić information content (AvgIpc) is 1.99. The molecule has 3 heteroatoms. The van der Waals surface area contributed by atoms with Gasteiger partial charge >= 0.3 is 0 Å². The van der Waals surface area contributed by atoms with E-state index in [-0.39, 0.29) is 5.91 Å². The van der Waals surface area contributed by atoms with Crippen molar-refractivity contribution < 1.29 is 4.79 Å². The Labute approximate surface area is 80.5 Å². The highest BCUT2D eigenvalue weighted by Gasteiger charge is 2.28. The molecule has 3 nitrogen and oxygen atoms in total.